The Morgan fingerprint density at radius 2 is 2.20 bits per heavy atom. The molecule has 1 fully saturated rings. The molecule has 1 aliphatic heterocycles. The fourth-order valence-corrected chi connectivity index (χ4v) is 4.76. The van der Waals surface area contributed by atoms with Crippen molar-refractivity contribution in [1.82, 2.24) is 15.1 Å². The van der Waals surface area contributed by atoms with Crippen molar-refractivity contribution in [3.8, 4) is 0 Å². The van der Waals surface area contributed by atoms with Crippen LogP contribution in [0.15, 0.2) is 0 Å². The first-order chi connectivity index (χ1) is 9.49. The summed E-state index contributed by atoms with van der Waals surface area (Å²) in [5.74, 6) is 0.326. The van der Waals surface area contributed by atoms with Gasteiger partial charge in [-0.25, -0.2) is 8.42 Å². The lowest BCUT2D eigenvalue weighted by molar-refractivity contribution is 0.554. The van der Waals surface area contributed by atoms with Crippen molar-refractivity contribution in [1.29, 1.82) is 0 Å². The molecule has 1 aromatic rings. The molecule has 20 heavy (non-hydrogen) atoms. The van der Waals surface area contributed by atoms with Gasteiger partial charge in [-0.3, -0.25) is 4.68 Å². The van der Waals surface area contributed by atoms with Crippen LogP contribution in [-0.4, -0.2) is 35.7 Å². The normalized spacial score (nSPS) is 21.4. The van der Waals surface area contributed by atoms with E-state index in [2.05, 4.69) is 10.4 Å². The molecule has 114 valence electrons. The van der Waals surface area contributed by atoms with Gasteiger partial charge in [-0.15, -0.1) is 0 Å². The third kappa shape index (κ3) is 3.18. The van der Waals surface area contributed by atoms with Gasteiger partial charge < -0.3 is 5.32 Å². The molecule has 1 aliphatic rings. The first-order valence-electron chi connectivity index (χ1n) is 7.16. The second-order valence-corrected chi connectivity index (χ2v) is 7.92. The number of nitrogens with one attached hydrogen (secondary N) is 1. The highest BCUT2D eigenvalue weighted by Crippen LogP contribution is 2.22. The zero-order chi connectivity index (χ0) is 14.8. The van der Waals surface area contributed by atoms with E-state index in [1.165, 1.54) is 0 Å². The Morgan fingerprint density at radius 3 is 2.75 bits per heavy atom. The average Bonchev–Trinajstić information content (AvgIpc) is 2.90. The fraction of sp³-hybridized carbons (Fsp3) is 0.769. The first kappa shape index (κ1) is 15.8. The standard InChI is InChI=1S/C13H22ClN3O2S/c1-3-11-13(14)12(17(4-2)16-11)9-15-8-10-6-5-7-20(10,18)19/h10,15H,3-9H2,1-2H3. The molecule has 0 aromatic carbocycles. The van der Waals surface area contributed by atoms with Crippen molar-refractivity contribution < 1.29 is 8.42 Å². The predicted molar refractivity (Wildman–Crippen MR) is 80.8 cm³/mol. The summed E-state index contributed by atoms with van der Waals surface area (Å²) < 4.78 is 25.4. The molecular formula is C13H22ClN3O2S. The minimum atomic E-state index is -2.88. The second kappa shape index (κ2) is 6.45. The second-order valence-electron chi connectivity index (χ2n) is 5.14. The maximum atomic E-state index is 11.8. The van der Waals surface area contributed by atoms with E-state index in [1.807, 2.05) is 18.5 Å². The molecule has 0 spiro atoms. The van der Waals surface area contributed by atoms with Gasteiger partial charge in [0.05, 0.1) is 27.4 Å². The third-order valence-electron chi connectivity index (χ3n) is 3.82. The number of sulfone groups is 1. The van der Waals surface area contributed by atoms with E-state index in [4.69, 9.17) is 11.6 Å². The SMILES string of the molecule is CCc1nn(CC)c(CNCC2CCCS2(=O)=O)c1Cl. The van der Waals surface area contributed by atoms with E-state index < -0.39 is 9.84 Å². The van der Waals surface area contributed by atoms with Crippen LogP contribution in [0, 0.1) is 0 Å². The van der Waals surface area contributed by atoms with Gasteiger partial charge in [-0.1, -0.05) is 18.5 Å². The van der Waals surface area contributed by atoms with Gasteiger partial charge in [0.25, 0.3) is 0 Å². The molecule has 1 N–H and O–H groups in total. The zero-order valence-electron chi connectivity index (χ0n) is 12.0. The summed E-state index contributed by atoms with van der Waals surface area (Å²) in [6, 6.07) is 0. The van der Waals surface area contributed by atoms with Crippen LogP contribution in [0.25, 0.3) is 0 Å². The molecule has 0 bridgehead atoms. The maximum Gasteiger partial charge on any atom is 0.154 e. The minimum Gasteiger partial charge on any atom is -0.310 e. The van der Waals surface area contributed by atoms with E-state index in [9.17, 15) is 8.42 Å². The molecule has 0 aliphatic carbocycles. The third-order valence-corrected chi connectivity index (χ3v) is 6.53. The first-order valence-corrected chi connectivity index (χ1v) is 9.25. The van der Waals surface area contributed by atoms with Crippen LogP contribution in [-0.2, 0) is 29.3 Å². The molecule has 1 atom stereocenters. The highest BCUT2D eigenvalue weighted by Gasteiger charge is 2.30. The van der Waals surface area contributed by atoms with Gasteiger partial charge in [0, 0.05) is 19.6 Å². The highest BCUT2D eigenvalue weighted by atomic mass is 35.5. The molecular weight excluding hydrogens is 298 g/mol. The molecule has 1 aromatic heterocycles. The summed E-state index contributed by atoms with van der Waals surface area (Å²) in [5, 5.41) is 8.14. The van der Waals surface area contributed by atoms with Crippen LogP contribution in [0.3, 0.4) is 0 Å². The number of nitrogens with zero attached hydrogens (tertiary/aromatic N) is 2. The summed E-state index contributed by atoms with van der Waals surface area (Å²) in [5.41, 5.74) is 1.85. The Labute approximate surface area is 125 Å². The number of aryl methyl sites for hydroxylation is 2. The summed E-state index contributed by atoms with van der Waals surface area (Å²) >= 11 is 6.32. The minimum absolute atomic E-state index is 0.245. The van der Waals surface area contributed by atoms with Crippen LogP contribution < -0.4 is 5.32 Å². The Balaban J connectivity index is 1.99. The zero-order valence-corrected chi connectivity index (χ0v) is 13.6. The van der Waals surface area contributed by atoms with Gasteiger partial charge in [0.15, 0.2) is 9.84 Å². The molecule has 0 saturated carbocycles. The molecule has 7 heteroatoms. The molecule has 5 nitrogen and oxygen atoms in total. The highest BCUT2D eigenvalue weighted by molar-refractivity contribution is 7.92. The number of aromatic nitrogens is 2. The molecule has 0 amide bonds. The van der Waals surface area contributed by atoms with Crippen LogP contribution >= 0.6 is 11.6 Å². The van der Waals surface area contributed by atoms with Crippen LogP contribution in [0.5, 0.6) is 0 Å². The van der Waals surface area contributed by atoms with Gasteiger partial charge in [0.1, 0.15) is 0 Å². The Hall–Kier alpha value is -0.590. The van der Waals surface area contributed by atoms with Crippen molar-refractivity contribution in [2.45, 2.75) is 51.4 Å². The summed E-state index contributed by atoms with van der Waals surface area (Å²) in [6.07, 6.45) is 2.34. The number of rotatable bonds is 6. The van der Waals surface area contributed by atoms with Crippen LogP contribution in [0.1, 0.15) is 38.1 Å². The Bertz CT molecular complexity index is 568. The van der Waals surface area contributed by atoms with Gasteiger partial charge in [-0.05, 0) is 26.2 Å². The summed E-state index contributed by atoms with van der Waals surface area (Å²) in [6.45, 7) is 5.86. The number of hydrogen-bond donors (Lipinski definition) is 1. The van der Waals surface area contributed by atoms with Crippen LogP contribution in [0.4, 0.5) is 0 Å². The summed E-state index contributed by atoms with van der Waals surface area (Å²) in [7, 11) is -2.88. The maximum absolute atomic E-state index is 11.8. The van der Waals surface area contributed by atoms with E-state index in [1.54, 1.807) is 0 Å². The molecule has 2 heterocycles. The lowest BCUT2D eigenvalue weighted by Crippen LogP contribution is -2.30. The van der Waals surface area contributed by atoms with Crippen molar-refractivity contribution in [2.75, 3.05) is 12.3 Å². The predicted octanol–water partition coefficient (Wildman–Crippen LogP) is 1.79. The monoisotopic (exact) mass is 319 g/mol. The Morgan fingerprint density at radius 1 is 1.45 bits per heavy atom. The van der Waals surface area contributed by atoms with Crippen LogP contribution in [0.2, 0.25) is 5.02 Å². The molecule has 0 radical (unpaired) electrons. The molecule has 1 unspecified atom stereocenters. The molecule has 1 saturated heterocycles. The van der Waals surface area contributed by atoms with Gasteiger partial charge in [0.2, 0.25) is 0 Å². The van der Waals surface area contributed by atoms with E-state index in [-0.39, 0.29) is 5.25 Å². The average molecular weight is 320 g/mol. The van der Waals surface area contributed by atoms with Crippen molar-refractivity contribution in [3.05, 3.63) is 16.4 Å². The van der Waals surface area contributed by atoms with E-state index in [0.29, 0.717) is 23.9 Å². The largest absolute Gasteiger partial charge is 0.310 e. The molecule has 2 rings (SSSR count). The van der Waals surface area contributed by atoms with Gasteiger partial charge in [-0.2, -0.15) is 5.10 Å². The fourth-order valence-electron chi connectivity index (χ4n) is 2.63. The summed E-state index contributed by atoms with van der Waals surface area (Å²) in [4.78, 5) is 0. The quantitative estimate of drug-likeness (QED) is 0.868. The van der Waals surface area contributed by atoms with E-state index >= 15 is 0 Å². The number of hydrogen-bond acceptors (Lipinski definition) is 4. The lowest BCUT2D eigenvalue weighted by atomic mass is 10.2. The topological polar surface area (TPSA) is 64.0 Å². The Kier molecular flexibility index (Phi) is 5.09. The smallest absolute Gasteiger partial charge is 0.154 e. The van der Waals surface area contributed by atoms with Crippen molar-refractivity contribution in [2.24, 2.45) is 0 Å². The van der Waals surface area contributed by atoms with Crippen molar-refractivity contribution in [3.63, 3.8) is 0 Å². The van der Waals surface area contributed by atoms with Crippen molar-refractivity contribution >= 4 is 21.4 Å². The number of halogens is 1. The lowest BCUT2D eigenvalue weighted by Gasteiger charge is -2.11. The van der Waals surface area contributed by atoms with E-state index in [0.717, 1.165) is 37.2 Å². The van der Waals surface area contributed by atoms with Gasteiger partial charge >= 0.3 is 0 Å².